The summed E-state index contributed by atoms with van der Waals surface area (Å²) in [7, 11) is 0. The fraction of sp³-hybridized carbons (Fsp3) is 1.00. The van der Waals surface area contributed by atoms with E-state index in [2.05, 4.69) is 20.8 Å². The molecular weight excluding hydrogens is 196 g/mol. The predicted molar refractivity (Wildman–Crippen MR) is 59.6 cm³/mol. The summed E-state index contributed by atoms with van der Waals surface area (Å²) in [4.78, 5) is 0.0477. The summed E-state index contributed by atoms with van der Waals surface area (Å²) in [6.45, 7) is 7.49. The van der Waals surface area contributed by atoms with Crippen LogP contribution in [0.1, 0.15) is 40.0 Å². The Morgan fingerprint density at radius 3 is 2.57 bits per heavy atom. The highest BCUT2D eigenvalue weighted by atomic mass is 32.2. The molecule has 0 radical (unpaired) electrons. The summed E-state index contributed by atoms with van der Waals surface area (Å²) < 4.78 is 11.5. The molecule has 0 spiro atoms. The van der Waals surface area contributed by atoms with Crippen LogP contribution in [0.2, 0.25) is 0 Å². The molecule has 0 aromatic rings. The van der Waals surface area contributed by atoms with Gasteiger partial charge in [-0.15, -0.1) is 11.8 Å². The topological polar surface area (TPSA) is 18.5 Å². The molecule has 2 saturated heterocycles. The molecule has 4 atom stereocenters. The van der Waals surface area contributed by atoms with Crippen molar-refractivity contribution in [2.24, 2.45) is 0 Å². The van der Waals surface area contributed by atoms with Crippen LogP contribution in [-0.4, -0.2) is 29.0 Å². The van der Waals surface area contributed by atoms with Crippen LogP contribution in [-0.2, 0) is 9.47 Å². The van der Waals surface area contributed by atoms with Crippen molar-refractivity contribution in [3.8, 4) is 0 Å². The molecule has 2 nitrogen and oxygen atoms in total. The van der Waals surface area contributed by atoms with Crippen molar-refractivity contribution in [3.05, 3.63) is 0 Å². The Morgan fingerprint density at radius 2 is 2.07 bits per heavy atom. The van der Waals surface area contributed by atoms with E-state index in [0.717, 1.165) is 6.61 Å². The molecule has 0 aromatic heterocycles. The smallest absolute Gasteiger partial charge is 0.111 e. The van der Waals surface area contributed by atoms with Gasteiger partial charge in [0.2, 0.25) is 0 Å². The van der Waals surface area contributed by atoms with E-state index in [-0.39, 0.29) is 4.93 Å². The number of rotatable bonds is 2. The van der Waals surface area contributed by atoms with Crippen molar-refractivity contribution >= 4 is 11.8 Å². The van der Waals surface area contributed by atoms with Crippen LogP contribution in [0.25, 0.3) is 0 Å². The molecule has 2 aliphatic heterocycles. The zero-order valence-corrected chi connectivity index (χ0v) is 10.1. The van der Waals surface area contributed by atoms with Crippen molar-refractivity contribution in [2.75, 3.05) is 6.61 Å². The molecule has 2 rings (SSSR count). The van der Waals surface area contributed by atoms with Gasteiger partial charge in [-0.1, -0.05) is 0 Å². The molecule has 0 N–H and O–H groups in total. The van der Waals surface area contributed by atoms with Crippen LogP contribution in [0.4, 0.5) is 0 Å². The molecule has 14 heavy (non-hydrogen) atoms. The van der Waals surface area contributed by atoms with Gasteiger partial charge in [0.1, 0.15) is 4.93 Å². The Bertz CT molecular complexity index is 209. The SMILES string of the molecule is CC1CCC(C)(SC2CCOC2C)O1. The van der Waals surface area contributed by atoms with Crippen LogP contribution in [0, 0.1) is 0 Å². The Kier molecular flexibility index (Phi) is 3.10. The van der Waals surface area contributed by atoms with Gasteiger partial charge in [-0.25, -0.2) is 0 Å². The first-order chi connectivity index (χ1) is 6.59. The summed E-state index contributed by atoms with van der Waals surface area (Å²) in [5.41, 5.74) is 0. The van der Waals surface area contributed by atoms with Crippen molar-refractivity contribution in [2.45, 2.75) is 62.4 Å². The quantitative estimate of drug-likeness (QED) is 0.707. The molecule has 0 aromatic carbocycles. The van der Waals surface area contributed by atoms with E-state index < -0.39 is 0 Å². The highest BCUT2D eigenvalue weighted by Gasteiger charge is 2.39. The molecule has 2 heterocycles. The minimum Gasteiger partial charge on any atom is -0.377 e. The lowest BCUT2D eigenvalue weighted by atomic mass is 10.2. The van der Waals surface area contributed by atoms with Crippen molar-refractivity contribution < 1.29 is 9.47 Å². The lowest BCUT2D eigenvalue weighted by Gasteiger charge is -2.28. The Morgan fingerprint density at radius 1 is 1.29 bits per heavy atom. The lowest BCUT2D eigenvalue weighted by Crippen LogP contribution is -2.26. The average Bonchev–Trinajstić information content (AvgIpc) is 2.62. The fourth-order valence-electron chi connectivity index (χ4n) is 2.28. The van der Waals surface area contributed by atoms with Crippen molar-refractivity contribution in [1.82, 2.24) is 0 Å². The summed E-state index contributed by atoms with van der Waals surface area (Å²) in [6.07, 6.45) is 4.40. The maximum atomic E-state index is 5.97. The van der Waals surface area contributed by atoms with Crippen LogP contribution in [0.3, 0.4) is 0 Å². The molecule has 0 bridgehead atoms. The number of hydrogen-bond donors (Lipinski definition) is 0. The molecule has 2 fully saturated rings. The van der Waals surface area contributed by atoms with Gasteiger partial charge in [0, 0.05) is 11.9 Å². The van der Waals surface area contributed by atoms with Crippen LogP contribution < -0.4 is 0 Å². The fourth-order valence-corrected chi connectivity index (χ4v) is 3.86. The Labute approximate surface area is 90.7 Å². The second-order valence-corrected chi connectivity index (χ2v) is 6.33. The van der Waals surface area contributed by atoms with Gasteiger partial charge in [-0.3, -0.25) is 0 Å². The minimum atomic E-state index is 0.0477. The van der Waals surface area contributed by atoms with Gasteiger partial charge >= 0.3 is 0 Å². The third-order valence-corrected chi connectivity index (χ3v) is 4.88. The Hall–Kier alpha value is 0.270. The van der Waals surface area contributed by atoms with Gasteiger partial charge in [-0.2, -0.15) is 0 Å². The number of ether oxygens (including phenoxy) is 2. The molecule has 3 heteroatoms. The van der Waals surface area contributed by atoms with Crippen molar-refractivity contribution in [1.29, 1.82) is 0 Å². The maximum Gasteiger partial charge on any atom is 0.111 e. The van der Waals surface area contributed by atoms with E-state index >= 15 is 0 Å². The van der Waals surface area contributed by atoms with Crippen LogP contribution in [0.15, 0.2) is 0 Å². The molecule has 4 unspecified atom stereocenters. The number of hydrogen-bond acceptors (Lipinski definition) is 3. The summed E-state index contributed by atoms with van der Waals surface area (Å²) in [6, 6.07) is 0. The molecule has 0 saturated carbocycles. The van der Waals surface area contributed by atoms with Gasteiger partial charge in [-0.05, 0) is 40.0 Å². The van der Waals surface area contributed by atoms with Crippen molar-refractivity contribution in [3.63, 3.8) is 0 Å². The van der Waals surface area contributed by atoms with E-state index in [1.165, 1.54) is 19.3 Å². The summed E-state index contributed by atoms with van der Waals surface area (Å²) in [5.74, 6) is 0. The van der Waals surface area contributed by atoms with E-state index in [9.17, 15) is 0 Å². The van der Waals surface area contributed by atoms with Gasteiger partial charge < -0.3 is 9.47 Å². The number of thioether (sulfide) groups is 1. The van der Waals surface area contributed by atoms with E-state index in [1.54, 1.807) is 0 Å². The third-order valence-electron chi connectivity index (χ3n) is 3.16. The van der Waals surface area contributed by atoms with E-state index in [0.29, 0.717) is 17.5 Å². The summed E-state index contributed by atoms with van der Waals surface area (Å²) in [5, 5.41) is 0.630. The standard InChI is InChI=1S/C11H20O2S/c1-8-4-6-11(3,13-8)14-10-5-7-12-9(10)2/h8-10H,4-7H2,1-3H3. The first-order valence-electron chi connectivity index (χ1n) is 5.56. The molecule has 0 amide bonds. The average molecular weight is 216 g/mol. The molecule has 2 aliphatic rings. The highest BCUT2D eigenvalue weighted by Crippen LogP contribution is 2.44. The monoisotopic (exact) mass is 216 g/mol. The Balaban J connectivity index is 1.90. The van der Waals surface area contributed by atoms with Gasteiger partial charge in [0.05, 0.1) is 12.2 Å². The molecule has 0 aliphatic carbocycles. The van der Waals surface area contributed by atoms with Crippen LogP contribution in [0.5, 0.6) is 0 Å². The van der Waals surface area contributed by atoms with E-state index in [1.807, 2.05) is 11.8 Å². The zero-order valence-electron chi connectivity index (χ0n) is 9.29. The summed E-state index contributed by atoms with van der Waals surface area (Å²) >= 11 is 1.98. The first kappa shape index (κ1) is 10.8. The van der Waals surface area contributed by atoms with Gasteiger partial charge in [0.15, 0.2) is 0 Å². The second-order valence-electron chi connectivity index (χ2n) is 4.62. The normalized spacial score (nSPS) is 48.6. The predicted octanol–water partition coefficient (Wildman–Crippen LogP) is 2.81. The lowest BCUT2D eigenvalue weighted by molar-refractivity contribution is 0.0428. The second kappa shape index (κ2) is 4.03. The first-order valence-corrected chi connectivity index (χ1v) is 6.44. The third kappa shape index (κ3) is 2.26. The molecular formula is C11H20O2S. The van der Waals surface area contributed by atoms with Gasteiger partial charge in [0.25, 0.3) is 0 Å². The van der Waals surface area contributed by atoms with Crippen LogP contribution >= 0.6 is 11.8 Å². The largest absolute Gasteiger partial charge is 0.377 e. The highest BCUT2D eigenvalue weighted by molar-refractivity contribution is 8.01. The minimum absolute atomic E-state index is 0.0477. The zero-order chi connectivity index (χ0) is 10.2. The maximum absolute atomic E-state index is 5.97. The van der Waals surface area contributed by atoms with E-state index in [4.69, 9.17) is 9.47 Å². The molecule has 82 valence electrons.